The Hall–Kier alpha value is -1.35. The van der Waals surface area contributed by atoms with Crippen LogP contribution in [-0.2, 0) is 4.79 Å². The van der Waals surface area contributed by atoms with Crippen LogP contribution >= 0.6 is 11.6 Å². The van der Waals surface area contributed by atoms with Crippen molar-refractivity contribution in [2.75, 3.05) is 0 Å². The molecule has 3 nitrogen and oxygen atoms in total. The molecule has 0 spiro atoms. The van der Waals surface area contributed by atoms with Crippen molar-refractivity contribution >= 4 is 23.7 Å². The van der Waals surface area contributed by atoms with E-state index in [4.69, 9.17) is 11.6 Å². The van der Waals surface area contributed by atoms with E-state index in [0.717, 1.165) is 5.56 Å². The summed E-state index contributed by atoms with van der Waals surface area (Å²) in [6, 6.07) is 7.32. The first kappa shape index (κ1) is 9.74. The van der Waals surface area contributed by atoms with E-state index < -0.39 is 0 Å². The van der Waals surface area contributed by atoms with Gasteiger partial charge in [0.25, 0.3) is 0 Å². The maximum atomic E-state index is 9.97. The van der Waals surface area contributed by atoms with E-state index in [9.17, 15) is 4.79 Å². The number of nitrogens with one attached hydrogen (secondary N) is 1. The van der Waals surface area contributed by atoms with Crippen molar-refractivity contribution in [3.8, 4) is 0 Å². The topological polar surface area (TPSA) is 41.5 Å². The summed E-state index contributed by atoms with van der Waals surface area (Å²) in [6.07, 6.45) is 0.514. The third-order valence-electron chi connectivity index (χ3n) is 1.55. The Labute approximate surface area is 81.4 Å². The molecule has 4 heteroatoms. The quantitative estimate of drug-likeness (QED) is 0.447. The average molecular weight is 197 g/mol. The minimum atomic E-state index is 0.514. The summed E-state index contributed by atoms with van der Waals surface area (Å²) in [5.74, 6) is 0. The second kappa shape index (κ2) is 4.62. The van der Waals surface area contributed by atoms with Gasteiger partial charge in [-0.2, -0.15) is 5.10 Å². The van der Waals surface area contributed by atoms with E-state index in [0.29, 0.717) is 17.1 Å². The molecule has 0 unspecified atom stereocenters. The Kier molecular flexibility index (Phi) is 3.46. The van der Waals surface area contributed by atoms with Gasteiger partial charge in [0, 0.05) is 10.6 Å². The highest BCUT2D eigenvalue weighted by atomic mass is 35.5. The first-order valence-electron chi connectivity index (χ1n) is 3.74. The molecular formula is C9H9ClN2O. The van der Waals surface area contributed by atoms with Gasteiger partial charge in [0.2, 0.25) is 6.41 Å². The van der Waals surface area contributed by atoms with Gasteiger partial charge in [0.05, 0.1) is 5.71 Å². The lowest BCUT2D eigenvalue weighted by Gasteiger charge is -2.01. The van der Waals surface area contributed by atoms with Gasteiger partial charge in [0.15, 0.2) is 0 Å². The highest BCUT2D eigenvalue weighted by molar-refractivity contribution is 6.34. The maximum Gasteiger partial charge on any atom is 0.227 e. The number of hydrogen-bond donors (Lipinski definition) is 1. The van der Waals surface area contributed by atoms with Crippen LogP contribution in [0.25, 0.3) is 0 Å². The number of halogens is 1. The van der Waals surface area contributed by atoms with Gasteiger partial charge in [-0.1, -0.05) is 29.8 Å². The van der Waals surface area contributed by atoms with Crippen LogP contribution in [0.3, 0.4) is 0 Å². The Morgan fingerprint density at radius 3 is 2.85 bits per heavy atom. The molecule has 0 saturated heterocycles. The molecule has 0 aliphatic heterocycles. The highest BCUT2D eigenvalue weighted by Crippen LogP contribution is 2.15. The third kappa shape index (κ3) is 2.56. The van der Waals surface area contributed by atoms with Gasteiger partial charge in [-0.3, -0.25) is 4.79 Å². The summed E-state index contributed by atoms with van der Waals surface area (Å²) < 4.78 is 0. The van der Waals surface area contributed by atoms with E-state index in [1.807, 2.05) is 18.2 Å². The Morgan fingerprint density at radius 2 is 2.23 bits per heavy atom. The lowest BCUT2D eigenvalue weighted by molar-refractivity contribution is -0.109. The molecule has 1 rings (SSSR count). The normalized spacial score (nSPS) is 11.1. The highest BCUT2D eigenvalue weighted by Gasteiger charge is 2.01. The zero-order chi connectivity index (χ0) is 9.68. The van der Waals surface area contributed by atoms with Crippen molar-refractivity contribution in [2.24, 2.45) is 5.10 Å². The van der Waals surface area contributed by atoms with Crippen molar-refractivity contribution in [2.45, 2.75) is 6.92 Å². The van der Waals surface area contributed by atoms with Crippen molar-refractivity contribution < 1.29 is 4.79 Å². The van der Waals surface area contributed by atoms with Crippen LogP contribution in [0.15, 0.2) is 29.4 Å². The van der Waals surface area contributed by atoms with E-state index in [2.05, 4.69) is 10.5 Å². The first-order chi connectivity index (χ1) is 6.25. The van der Waals surface area contributed by atoms with Gasteiger partial charge in [-0.25, -0.2) is 5.43 Å². The maximum absolute atomic E-state index is 9.97. The molecule has 0 saturated carbocycles. The zero-order valence-corrected chi connectivity index (χ0v) is 7.88. The fourth-order valence-corrected chi connectivity index (χ4v) is 1.21. The SMILES string of the molecule is C/C(=N\NC=O)c1ccccc1Cl. The van der Waals surface area contributed by atoms with Crippen LogP contribution < -0.4 is 5.43 Å². The van der Waals surface area contributed by atoms with E-state index in [1.54, 1.807) is 13.0 Å². The van der Waals surface area contributed by atoms with Gasteiger partial charge in [-0.15, -0.1) is 0 Å². The van der Waals surface area contributed by atoms with Crippen LogP contribution in [0.4, 0.5) is 0 Å². The van der Waals surface area contributed by atoms with Crippen LogP contribution in [-0.4, -0.2) is 12.1 Å². The number of carbonyl (C=O) groups excluding carboxylic acids is 1. The molecule has 1 aromatic rings. The van der Waals surface area contributed by atoms with Crippen LogP contribution in [0.1, 0.15) is 12.5 Å². The molecule has 1 aromatic carbocycles. The molecule has 13 heavy (non-hydrogen) atoms. The smallest absolute Gasteiger partial charge is 0.227 e. The Morgan fingerprint density at radius 1 is 1.54 bits per heavy atom. The minimum absolute atomic E-state index is 0.514. The van der Waals surface area contributed by atoms with Gasteiger partial charge in [0.1, 0.15) is 0 Å². The molecule has 0 heterocycles. The number of amides is 1. The molecule has 1 amide bonds. The molecule has 0 atom stereocenters. The second-order valence-electron chi connectivity index (χ2n) is 2.42. The zero-order valence-electron chi connectivity index (χ0n) is 7.12. The lowest BCUT2D eigenvalue weighted by Crippen LogP contribution is -2.06. The van der Waals surface area contributed by atoms with Crippen LogP contribution in [0.5, 0.6) is 0 Å². The number of hydrazone groups is 1. The molecule has 68 valence electrons. The summed E-state index contributed by atoms with van der Waals surface area (Å²) in [4.78, 5) is 9.97. The summed E-state index contributed by atoms with van der Waals surface area (Å²) in [6.45, 7) is 1.78. The van der Waals surface area contributed by atoms with E-state index >= 15 is 0 Å². The van der Waals surface area contributed by atoms with Gasteiger partial charge >= 0.3 is 0 Å². The van der Waals surface area contributed by atoms with E-state index in [1.165, 1.54) is 0 Å². The average Bonchev–Trinajstić information content (AvgIpc) is 2.15. The van der Waals surface area contributed by atoms with Crippen molar-refractivity contribution in [1.29, 1.82) is 0 Å². The van der Waals surface area contributed by atoms with E-state index in [-0.39, 0.29) is 0 Å². The fraction of sp³-hybridized carbons (Fsp3) is 0.111. The van der Waals surface area contributed by atoms with Gasteiger partial charge < -0.3 is 0 Å². The number of rotatable bonds is 3. The lowest BCUT2D eigenvalue weighted by atomic mass is 10.1. The minimum Gasteiger partial charge on any atom is -0.277 e. The number of benzene rings is 1. The fourth-order valence-electron chi connectivity index (χ4n) is 0.938. The van der Waals surface area contributed by atoms with Gasteiger partial charge in [-0.05, 0) is 13.0 Å². The predicted octanol–water partition coefficient (Wildman–Crippen LogP) is 1.81. The van der Waals surface area contributed by atoms with Crippen molar-refractivity contribution in [3.63, 3.8) is 0 Å². The molecule has 0 bridgehead atoms. The molecule has 0 radical (unpaired) electrons. The molecule has 1 N–H and O–H groups in total. The molecule has 0 fully saturated rings. The summed E-state index contributed by atoms with van der Waals surface area (Å²) >= 11 is 5.90. The summed E-state index contributed by atoms with van der Waals surface area (Å²) in [7, 11) is 0. The number of hydrogen-bond acceptors (Lipinski definition) is 2. The molecule has 0 aliphatic carbocycles. The van der Waals surface area contributed by atoms with Crippen LogP contribution in [0.2, 0.25) is 5.02 Å². The standard InChI is InChI=1S/C9H9ClN2O/c1-7(12-11-6-13)8-4-2-3-5-9(8)10/h2-6H,1H3,(H,11,13)/b12-7+. The van der Waals surface area contributed by atoms with Crippen LogP contribution in [0, 0.1) is 0 Å². The second-order valence-corrected chi connectivity index (χ2v) is 2.83. The number of nitrogens with zero attached hydrogens (tertiary/aromatic N) is 1. The summed E-state index contributed by atoms with van der Waals surface area (Å²) in [5, 5.41) is 4.41. The molecule has 0 aromatic heterocycles. The Balaban J connectivity index is 2.94. The first-order valence-corrected chi connectivity index (χ1v) is 4.12. The summed E-state index contributed by atoms with van der Waals surface area (Å²) in [5.41, 5.74) is 3.72. The number of carbonyl (C=O) groups is 1. The molecule has 0 aliphatic rings. The van der Waals surface area contributed by atoms with Crippen molar-refractivity contribution in [3.05, 3.63) is 34.9 Å². The largest absolute Gasteiger partial charge is 0.277 e. The molecular weight excluding hydrogens is 188 g/mol. The van der Waals surface area contributed by atoms with Crippen molar-refractivity contribution in [1.82, 2.24) is 5.43 Å². The monoisotopic (exact) mass is 196 g/mol. The predicted molar refractivity (Wildman–Crippen MR) is 52.9 cm³/mol. The third-order valence-corrected chi connectivity index (χ3v) is 1.88. The Bertz CT molecular complexity index is 336.